The summed E-state index contributed by atoms with van der Waals surface area (Å²) in [6.07, 6.45) is 0.321. The van der Waals surface area contributed by atoms with Crippen LogP contribution in [0.1, 0.15) is 18.1 Å². The molecule has 0 bridgehead atoms. The summed E-state index contributed by atoms with van der Waals surface area (Å²) >= 11 is 0. The summed E-state index contributed by atoms with van der Waals surface area (Å²) in [6.45, 7) is 2.40. The van der Waals surface area contributed by atoms with Crippen molar-refractivity contribution >= 4 is 0 Å². The molecule has 1 rings (SSSR count). The Morgan fingerprint density at radius 2 is 2.14 bits per heavy atom. The zero-order valence-corrected chi connectivity index (χ0v) is 7.95. The zero-order chi connectivity index (χ0) is 10.4. The van der Waals surface area contributed by atoms with Gasteiger partial charge in [0.25, 0.3) is 0 Å². The molecule has 0 unspecified atom stereocenters. The van der Waals surface area contributed by atoms with Crippen LogP contribution >= 0.6 is 0 Å². The lowest BCUT2D eigenvalue weighted by molar-refractivity contribution is 0.339. The monoisotopic (exact) mass is 186 g/mol. The highest BCUT2D eigenvalue weighted by molar-refractivity contribution is 5.45. The van der Waals surface area contributed by atoms with E-state index in [-0.39, 0.29) is 0 Å². The first-order chi connectivity index (χ1) is 6.81. The minimum atomic E-state index is 0.321. The molecule has 0 saturated carbocycles. The van der Waals surface area contributed by atoms with Gasteiger partial charge < -0.3 is 4.74 Å². The summed E-state index contributed by atoms with van der Waals surface area (Å²) < 4.78 is 5.26. The average Bonchev–Trinajstić information content (AvgIpc) is 2.21. The molecule has 14 heavy (non-hydrogen) atoms. The molecular weight excluding hydrogens is 176 g/mol. The van der Waals surface area contributed by atoms with Gasteiger partial charge in [-0.25, -0.2) is 0 Å². The van der Waals surface area contributed by atoms with E-state index in [2.05, 4.69) is 0 Å². The van der Waals surface area contributed by atoms with Crippen molar-refractivity contribution in [3.8, 4) is 17.9 Å². The molecule has 1 aromatic carbocycles. The van der Waals surface area contributed by atoms with Crippen molar-refractivity contribution < 1.29 is 4.74 Å². The second-order valence-corrected chi connectivity index (χ2v) is 2.71. The molecule has 0 heterocycles. The highest BCUT2D eigenvalue weighted by atomic mass is 16.5. The Morgan fingerprint density at radius 1 is 1.36 bits per heavy atom. The van der Waals surface area contributed by atoms with Crippen molar-refractivity contribution in [2.24, 2.45) is 0 Å². The van der Waals surface area contributed by atoms with Gasteiger partial charge in [0, 0.05) is 0 Å². The maximum absolute atomic E-state index is 8.82. The second kappa shape index (κ2) is 4.89. The molecule has 0 fully saturated rings. The lowest BCUT2D eigenvalue weighted by atomic mass is 10.1. The molecule has 0 N–H and O–H groups in total. The molecule has 0 saturated heterocycles. The van der Waals surface area contributed by atoms with E-state index in [1.54, 1.807) is 18.2 Å². The number of hydrogen-bond donors (Lipinski definition) is 0. The molecule has 3 nitrogen and oxygen atoms in total. The molecule has 0 spiro atoms. The fourth-order valence-electron chi connectivity index (χ4n) is 1.15. The van der Waals surface area contributed by atoms with E-state index in [0.717, 1.165) is 5.56 Å². The molecule has 1 aromatic rings. The highest BCUT2D eigenvalue weighted by Crippen LogP contribution is 2.19. The van der Waals surface area contributed by atoms with Gasteiger partial charge in [-0.3, -0.25) is 0 Å². The first-order valence-corrected chi connectivity index (χ1v) is 4.34. The number of ether oxygens (including phenoxy) is 1. The second-order valence-electron chi connectivity index (χ2n) is 2.71. The van der Waals surface area contributed by atoms with Crippen LogP contribution < -0.4 is 4.74 Å². The van der Waals surface area contributed by atoms with Crippen molar-refractivity contribution in [2.75, 3.05) is 6.61 Å². The lowest BCUT2D eigenvalue weighted by Crippen LogP contribution is -1.95. The maximum atomic E-state index is 8.82. The molecule has 0 radical (unpaired) electrons. The Hall–Kier alpha value is -2.00. The van der Waals surface area contributed by atoms with Gasteiger partial charge in [-0.05, 0) is 24.6 Å². The first kappa shape index (κ1) is 10.1. The SMILES string of the molecule is CCOc1ccc(CC#N)cc1C#N. The minimum Gasteiger partial charge on any atom is -0.492 e. The van der Waals surface area contributed by atoms with Crippen molar-refractivity contribution in [3.63, 3.8) is 0 Å². The number of rotatable bonds is 3. The largest absolute Gasteiger partial charge is 0.492 e. The molecule has 3 heteroatoms. The normalized spacial score (nSPS) is 8.79. The average molecular weight is 186 g/mol. The van der Waals surface area contributed by atoms with E-state index in [1.807, 2.05) is 19.1 Å². The fraction of sp³-hybridized carbons (Fsp3) is 0.273. The van der Waals surface area contributed by atoms with Gasteiger partial charge in [0.2, 0.25) is 0 Å². The van der Waals surface area contributed by atoms with E-state index in [1.165, 1.54) is 0 Å². The quantitative estimate of drug-likeness (QED) is 0.725. The number of benzene rings is 1. The molecule has 0 aliphatic rings. The third-order valence-corrected chi connectivity index (χ3v) is 1.75. The Bertz CT molecular complexity index is 399. The van der Waals surface area contributed by atoms with Gasteiger partial charge >= 0.3 is 0 Å². The van der Waals surface area contributed by atoms with Gasteiger partial charge in [0.15, 0.2) is 0 Å². The van der Waals surface area contributed by atoms with Crippen molar-refractivity contribution in [2.45, 2.75) is 13.3 Å². The Labute approximate surface area is 83.2 Å². The summed E-state index contributed by atoms with van der Waals surface area (Å²) in [6, 6.07) is 9.30. The summed E-state index contributed by atoms with van der Waals surface area (Å²) in [5.74, 6) is 0.580. The van der Waals surface area contributed by atoms with Crippen LogP contribution in [0.5, 0.6) is 5.75 Å². The summed E-state index contributed by atoms with van der Waals surface area (Å²) in [5, 5.41) is 17.3. The van der Waals surface area contributed by atoms with Gasteiger partial charge in [-0.2, -0.15) is 10.5 Å². The van der Waals surface area contributed by atoms with Crippen LogP contribution in [0.25, 0.3) is 0 Å². The van der Waals surface area contributed by atoms with Crippen LogP contribution in [-0.2, 0) is 6.42 Å². The van der Waals surface area contributed by atoms with E-state index >= 15 is 0 Å². The standard InChI is InChI=1S/C11H10N2O/c1-2-14-11-4-3-9(5-6-12)7-10(11)8-13/h3-4,7H,2,5H2,1H3. The summed E-state index contributed by atoms with van der Waals surface area (Å²) in [4.78, 5) is 0. The summed E-state index contributed by atoms with van der Waals surface area (Å²) in [5.41, 5.74) is 1.33. The molecule has 70 valence electrons. The van der Waals surface area contributed by atoms with Crippen LogP contribution in [0.4, 0.5) is 0 Å². The Balaban J connectivity index is 3.01. The predicted molar refractivity (Wildman–Crippen MR) is 51.6 cm³/mol. The zero-order valence-electron chi connectivity index (χ0n) is 7.95. The van der Waals surface area contributed by atoms with Crippen LogP contribution in [0.3, 0.4) is 0 Å². The van der Waals surface area contributed by atoms with Crippen molar-refractivity contribution in [1.82, 2.24) is 0 Å². The summed E-state index contributed by atoms with van der Waals surface area (Å²) in [7, 11) is 0. The third-order valence-electron chi connectivity index (χ3n) is 1.75. The number of hydrogen-bond acceptors (Lipinski definition) is 3. The highest BCUT2D eigenvalue weighted by Gasteiger charge is 2.03. The smallest absolute Gasteiger partial charge is 0.137 e. The Kier molecular flexibility index (Phi) is 3.52. The molecule has 0 aliphatic heterocycles. The van der Waals surface area contributed by atoms with Crippen molar-refractivity contribution in [1.29, 1.82) is 10.5 Å². The van der Waals surface area contributed by atoms with E-state index in [9.17, 15) is 0 Å². The molecule has 0 aromatic heterocycles. The maximum Gasteiger partial charge on any atom is 0.137 e. The van der Waals surface area contributed by atoms with E-state index < -0.39 is 0 Å². The molecule has 0 aliphatic carbocycles. The third kappa shape index (κ3) is 2.24. The molecule has 0 amide bonds. The van der Waals surface area contributed by atoms with Crippen LogP contribution in [0, 0.1) is 22.7 Å². The van der Waals surface area contributed by atoms with Crippen LogP contribution in [0.15, 0.2) is 18.2 Å². The number of nitrogens with zero attached hydrogens (tertiary/aromatic N) is 2. The van der Waals surface area contributed by atoms with Gasteiger partial charge in [-0.15, -0.1) is 0 Å². The van der Waals surface area contributed by atoms with Gasteiger partial charge in [0.05, 0.1) is 24.7 Å². The van der Waals surface area contributed by atoms with Gasteiger partial charge in [0.1, 0.15) is 11.8 Å². The Morgan fingerprint density at radius 3 is 2.71 bits per heavy atom. The van der Waals surface area contributed by atoms with E-state index in [4.69, 9.17) is 15.3 Å². The number of nitriles is 2. The van der Waals surface area contributed by atoms with Gasteiger partial charge in [-0.1, -0.05) is 6.07 Å². The molecular formula is C11H10N2O. The van der Waals surface area contributed by atoms with Crippen molar-refractivity contribution in [3.05, 3.63) is 29.3 Å². The van der Waals surface area contributed by atoms with Crippen LogP contribution in [0.2, 0.25) is 0 Å². The minimum absolute atomic E-state index is 0.321. The lowest BCUT2D eigenvalue weighted by Gasteiger charge is -2.05. The fourth-order valence-corrected chi connectivity index (χ4v) is 1.15. The first-order valence-electron chi connectivity index (χ1n) is 4.34. The predicted octanol–water partition coefficient (Wildman–Crippen LogP) is 2.02. The topological polar surface area (TPSA) is 56.8 Å². The molecule has 0 atom stereocenters. The van der Waals surface area contributed by atoms with Crippen LogP contribution in [-0.4, -0.2) is 6.61 Å². The van der Waals surface area contributed by atoms with E-state index in [0.29, 0.717) is 24.3 Å².